The van der Waals surface area contributed by atoms with E-state index in [4.69, 9.17) is 14.6 Å². The van der Waals surface area contributed by atoms with Crippen molar-refractivity contribution >= 4 is 53.4 Å². The number of rotatable bonds is 13. The summed E-state index contributed by atoms with van der Waals surface area (Å²) in [7, 11) is 0. The van der Waals surface area contributed by atoms with E-state index in [2.05, 4.69) is 25.0 Å². The molecule has 0 saturated carbocycles. The van der Waals surface area contributed by atoms with Gasteiger partial charge in [0, 0.05) is 19.2 Å². The van der Waals surface area contributed by atoms with E-state index in [0.29, 0.717) is 18.4 Å². The summed E-state index contributed by atoms with van der Waals surface area (Å²) in [6.07, 6.45) is 4.06. The van der Waals surface area contributed by atoms with Crippen LogP contribution in [0.5, 0.6) is 0 Å². The van der Waals surface area contributed by atoms with Crippen LogP contribution in [0.3, 0.4) is 0 Å². The summed E-state index contributed by atoms with van der Waals surface area (Å²) in [6, 6.07) is 8.45. The summed E-state index contributed by atoms with van der Waals surface area (Å²) in [5, 5.41) is 11.5. The van der Waals surface area contributed by atoms with E-state index in [1.54, 1.807) is 58.0 Å². The molecule has 4 amide bonds. The quantitative estimate of drug-likeness (QED) is 0.190. The first kappa shape index (κ1) is 36.9. The Hall–Kier alpha value is -5.11. The number of allylic oxidation sites excluding steroid dienone is 2. The number of aliphatic carboxylic acids is 1. The van der Waals surface area contributed by atoms with E-state index in [0.717, 1.165) is 13.8 Å². The number of benzene rings is 1. The lowest BCUT2D eigenvalue weighted by molar-refractivity contribution is -0.154. The number of esters is 1. The standard InChI is InChI=1S/C30H36N4O10/c1-7-42-19-24(36)31-16-12-11-15-21(26(38)43-29(2,3)4)34-25(37)22(17-20-13-9-8-10-14-20)33-23(35)18-32-28(41)44-30(5,6)27(39)40/h8-16,18H,7,17,19H2,1-6H3,(H,31,36)(H,39,40). The van der Waals surface area contributed by atoms with Crippen LogP contribution in [-0.4, -0.2) is 82.9 Å². The molecule has 1 rings (SSSR count). The molecule has 1 aromatic rings. The van der Waals surface area contributed by atoms with Gasteiger partial charge in [-0.2, -0.15) is 4.99 Å². The maximum atomic E-state index is 13.2. The lowest BCUT2D eigenvalue weighted by Gasteiger charge is -2.19. The minimum absolute atomic E-state index is 0.141. The van der Waals surface area contributed by atoms with Crippen LogP contribution < -0.4 is 5.32 Å². The second-order valence-electron chi connectivity index (χ2n) is 10.2. The van der Waals surface area contributed by atoms with Crippen molar-refractivity contribution < 1.29 is 48.1 Å². The second-order valence-corrected chi connectivity index (χ2v) is 10.2. The topological polar surface area (TPSA) is 199 Å². The van der Waals surface area contributed by atoms with Gasteiger partial charge in [-0.1, -0.05) is 36.4 Å². The summed E-state index contributed by atoms with van der Waals surface area (Å²) in [6.45, 7) is 9.04. The van der Waals surface area contributed by atoms with E-state index >= 15 is 0 Å². The minimum Gasteiger partial charge on any atom is -0.478 e. The van der Waals surface area contributed by atoms with Crippen molar-refractivity contribution in [2.24, 2.45) is 15.0 Å². The third kappa shape index (κ3) is 15.2. The predicted molar refractivity (Wildman–Crippen MR) is 160 cm³/mol. The lowest BCUT2D eigenvalue weighted by atomic mass is 10.1. The first-order valence-electron chi connectivity index (χ1n) is 13.3. The van der Waals surface area contributed by atoms with Gasteiger partial charge in [-0.3, -0.25) is 14.4 Å². The molecule has 0 bridgehead atoms. The zero-order chi connectivity index (χ0) is 33.3. The average Bonchev–Trinajstić information content (AvgIpc) is 2.93. The molecule has 0 unspecified atom stereocenters. The van der Waals surface area contributed by atoms with Crippen LogP contribution in [0.15, 0.2) is 69.7 Å². The number of nitrogens with one attached hydrogen (secondary N) is 1. The Morgan fingerprint density at radius 3 is 2.18 bits per heavy atom. The summed E-state index contributed by atoms with van der Waals surface area (Å²) in [5.41, 5.74) is -3.10. The highest BCUT2D eigenvalue weighted by Crippen LogP contribution is 2.11. The number of nitrogens with zero attached hydrogens (tertiary/aromatic N) is 3. The number of amides is 4. The SMILES string of the molecule is CCOCC(=O)NC=CC=CC(=NC(=O)C(Cc1ccccc1)=NC(=O)C=NC(=O)OC(C)(C)C(=O)O)C(=O)OC(C)(C)C. The maximum Gasteiger partial charge on any atom is 0.434 e. The molecule has 0 aliphatic carbocycles. The number of aliphatic imine (C=N–C) groups is 3. The molecule has 14 heteroatoms. The highest BCUT2D eigenvalue weighted by atomic mass is 16.6. The van der Waals surface area contributed by atoms with Crippen molar-refractivity contribution in [1.29, 1.82) is 0 Å². The third-order valence-corrected chi connectivity index (χ3v) is 4.82. The highest BCUT2D eigenvalue weighted by Gasteiger charge is 2.31. The number of ether oxygens (including phenoxy) is 3. The zero-order valence-electron chi connectivity index (χ0n) is 25.4. The molecule has 0 spiro atoms. The van der Waals surface area contributed by atoms with E-state index in [1.165, 1.54) is 24.4 Å². The van der Waals surface area contributed by atoms with Gasteiger partial charge in [-0.05, 0) is 59.3 Å². The first-order chi connectivity index (χ1) is 20.5. The summed E-state index contributed by atoms with van der Waals surface area (Å²) >= 11 is 0. The molecule has 0 radical (unpaired) electrons. The Bertz CT molecular complexity index is 1370. The Labute approximate surface area is 254 Å². The molecule has 44 heavy (non-hydrogen) atoms. The number of hydrogen-bond acceptors (Lipinski definition) is 9. The lowest BCUT2D eigenvalue weighted by Crippen LogP contribution is -2.36. The number of carboxylic acids is 1. The molecule has 236 valence electrons. The molecule has 14 nitrogen and oxygen atoms in total. The fraction of sp³-hybridized carbons (Fsp3) is 0.367. The largest absolute Gasteiger partial charge is 0.478 e. The van der Waals surface area contributed by atoms with Crippen LogP contribution >= 0.6 is 0 Å². The van der Waals surface area contributed by atoms with Crippen LogP contribution in [0.4, 0.5) is 4.79 Å². The molecule has 0 atom stereocenters. The second kappa shape index (κ2) is 17.8. The number of hydrogen-bond donors (Lipinski definition) is 2. The Morgan fingerprint density at radius 2 is 1.59 bits per heavy atom. The van der Waals surface area contributed by atoms with Crippen molar-refractivity contribution in [2.75, 3.05) is 13.2 Å². The zero-order valence-corrected chi connectivity index (χ0v) is 25.4. The summed E-state index contributed by atoms with van der Waals surface area (Å²) in [5.74, 6) is -5.00. The molecule has 0 aromatic heterocycles. The van der Waals surface area contributed by atoms with Crippen molar-refractivity contribution in [3.63, 3.8) is 0 Å². The first-order valence-corrected chi connectivity index (χ1v) is 13.3. The molecule has 0 aliphatic heterocycles. The number of carboxylic acid groups (broad SMARTS) is 1. The number of carbonyl (C=O) groups excluding carboxylic acids is 5. The van der Waals surface area contributed by atoms with E-state index in [-0.39, 0.29) is 13.0 Å². The monoisotopic (exact) mass is 612 g/mol. The molecule has 0 heterocycles. The summed E-state index contributed by atoms with van der Waals surface area (Å²) < 4.78 is 15.0. The van der Waals surface area contributed by atoms with Gasteiger partial charge >= 0.3 is 18.0 Å². The Balaban J connectivity index is 3.36. The highest BCUT2D eigenvalue weighted by molar-refractivity contribution is 6.50. The van der Waals surface area contributed by atoms with Gasteiger partial charge in [0.15, 0.2) is 5.71 Å². The van der Waals surface area contributed by atoms with Gasteiger partial charge in [0.25, 0.3) is 11.8 Å². The third-order valence-electron chi connectivity index (χ3n) is 4.82. The van der Waals surface area contributed by atoms with Gasteiger partial charge in [0.1, 0.15) is 24.1 Å². The smallest absolute Gasteiger partial charge is 0.434 e. The summed E-state index contributed by atoms with van der Waals surface area (Å²) in [4.78, 5) is 84.0. The predicted octanol–water partition coefficient (Wildman–Crippen LogP) is 2.80. The van der Waals surface area contributed by atoms with E-state index in [1.807, 2.05) is 0 Å². The van der Waals surface area contributed by atoms with Crippen LogP contribution in [0.1, 0.15) is 47.1 Å². The Morgan fingerprint density at radius 1 is 0.932 bits per heavy atom. The Kier molecular flexibility index (Phi) is 14.9. The van der Waals surface area contributed by atoms with Crippen LogP contribution in [0, 0.1) is 0 Å². The van der Waals surface area contributed by atoms with Crippen molar-refractivity contribution in [1.82, 2.24) is 5.32 Å². The fourth-order valence-electron chi connectivity index (χ4n) is 2.75. The fourth-order valence-corrected chi connectivity index (χ4v) is 2.75. The number of carbonyl (C=O) groups is 6. The van der Waals surface area contributed by atoms with Crippen LogP contribution in [-0.2, 0) is 44.6 Å². The van der Waals surface area contributed by atoms with Crippen LogP contribution in [0.25, 0.3) is 0 Å². The maximum absolute atomic E-state index is 13.2. The molecule has 2 N–H and O–H groups in total. The van der Waals surface area contributed by atoms with Crippen molar-refractivity contribution in [3.8, 4) is 0 Å². The molecule has 0 aliphatic rings. The van der Waals surface area contributed by atoms with Gasteiger partial charge in [0.05, 0.1) is 0 Å². The average molecular weight is 613 g/mol. The molecule has 0 saturated heterocycles. The normalized spacial score (nSPS) is 12.9. The van der Waals surface area contributed by atoms with Crippen molar-refractivity contribution in [2.45, 2.75) is 59.2 Å². The van der Waals surface area contributed by atoms with Crippen molar-refractivity contribution in [3.05, 3.63) is 60.3 Å². The van der Waals surface area contributed by atoms with E-state index in [9.17, 15) is 28.8 Å². The molecule has 0 fully saturated rings. The van der Waals surface area contributed by atoms with Gasteiger partial charge in [0.2, 0.25) is 11.5 Å². The molecular formula is C30H36N4O10. The minimum atomic E-state index is -1.90. The molecule has 1 aromatic carbocycles. The van der Waals surface area contributed by atoms with Crippen LogP contribution in [0.2, 0.25) is 0 Å². The van der Waals surface area contributed by atoms with E-state index < -0.39 is 58.4 Å². The molecular weight excluding hydrogens is 576 g/mol. The van der Waals surface area contributed by atoms with Gasteiger partial charge in [-0.15, -0.1) is 0 Å². The van der Waals surface area contributed by atoms with Gasteiger partial charge in [-0.25, -0.2) is 24.4 Å². The van der Waals surface area contributed by atoms with Gasteiger partial charge < -0.3 is 24.6 Å².